The van der Waals surface area contributed by atoms with Gasteiger partial charge in [0.15, 0.2) is 5.15 Å². The van der Waals surface area contributed by atoms with Crippen molar-refractivity contribution in [3.05, 3.63) is 41.3 Å². The third kappa shape index (κ3) is 2.81. The van der Waals surface area contributed by atoms with E-state index < -0.39 is 0 Å². The summed E-state index contributed by atoms with van der Waals surface area (Å²) in [5.74, 6) is 1.04. The summed E-state index contributed by atoms with van der Waals surface area (Å²) >= 11 is 5.77. The summed E-state index contributed by atoms with van der Waals surface area (Å²) in [5, 5.41) is 0.186. The van der Waals surface area contributed by atoms with Crippen LogP contribution in [0.3, 0.4) is 0 Å². The number of nitrogen functional groups attached to an aromatic ring is 1. The van der Waals surface area contributed by atoms with E-state index in [-0.39, 0.29) is 16.7 Å². The van der Waals surface area contributed by atoms with Gasteiger partial charge in [-0.1, -0.05) is 23.7 Å². The quantitative estimate of drug-likeness (QED) is 0.859. The van der Waals surface area contributed by atoms with Crippen molar-refractivity contribution in [2.45, 2.75) is 6.61 Å². The minimum atomic E-state index is 0.186. The minimum Gasteiger partial charge on any atom is -0.497 e. The van der Waals surface area contributed by atoms with E-state index in [4.69, 9.17) is 26.8 Å². The molecule has 1 aromatic heterocycles. The molecule has 0 saturated carbocycles. The maximum absolute atomic E-state index is 5.77. The number of rotatable bonds is 4. The molecule has 2 rings (SSSR count). The Hall–Kier alpha value is -2.01. The highest BCUT2D eigenvalue weighted by Crippen LogP contribution is 2.25. The summed E-state index contributed by atoms with van der Waals surface area (Å²) in [7, 11) is 1.61. The molecule has 6 heteroatoms. The Labute approximate surface area is 110 Å². The number of aromatic nitrogens is 2. The Bertz CT molecular complexity index is 549. The molecule has 0 radical (unpaired) electrons. The van der Waals surface area contributed by atoms with Gasteiger partial charge in [0.25, 0.3) is 0 Å². The molecule has 5 nitrogen and oxygen atoms in total. The summed E-state index contributed by atoms with van der Waals surface area (Å²) in [6, 6.07) is 7.54. The van der Waals surface area contributed by atoms with Gasteiger partial charge in [0, 0.05) is 0 Å². The maximum atomic E-state index is 5.77. The highest BCUT2D eigenvalue weighted by atomic mass is 35.5. The molecule has 1 aromatic carbocycles. The fourth-order valence-corrected chi connectivity index (χ4v) is 1.51. The maximum Gasteiger partial charge on any atom is 0.242 e. The average molecular weight is 266 g/mol. The predicted octanol–water partition coefficient (Wildman–Crippen LogP) is 2.30. The first kappa shape index (κ1) is 12.4. The number of halogens is 1. The van der Waals surface area contributed by atoms with Gasteiger partial charge in [-0.3, -0.25) is 0 Å². The van der Waals surface area contributed by atoms with Crippen LogP contribution in [0.1, 0.15) is 5.56 Å². The van der Waals surface area contributed by atoms with Gasteiger partial charge in [-0.2, -0.15) is 4.98 Å². The van der Waals surface area contributed by atoms with Crippen LogP contribution in [0.15, 0.2) is 30.6 Å². The molecule has 2 N–H and O–H groups in total. The van der Waals surface area contributed by atoms with E-state index in [1.165, 1.54) is 6.33 Å². The largest absolute Gasteiger partial charge is 0.497 e. The second-order valence-corrected chi connectivity index (χ2v) is 3.88. The van der Waals surface area contributed by atoms with Crippen LogP contribution in [0, 0.1) is 0 Å². The van der Waals surface area contributed by atoms with Crippen molar-refractivity contribution in [3.8, 4) is 11.6 Å². The lowest BCUT2D eigenvalue weighted by Gasteiger charge is -2.08. The zero-order valence-electron chi connectivity index (χ0n) is 9.76. The van der Waals surface area contributed by atoms with Gasteiger partial charge in [-0.05, 0) is 17.7 Å². The number of methoxy groups -OCH3 is 1. The lowest BCUT2D eigenvalue weighted by Crippen LogP contribution is -2.02. The molecule has 18 heavy (non-hydrogen) atoms. The molecule has 0 aliphatic rings. The highest BCUT2D eigenvalue weighted by Gasteiger charge is 2.07. The molecule has 0 unspecified atom stereocenters. The predicted molar refractivity (Wildman–Crippen MR) is 68.8 cm³/mol. The first-order valence-electron chi connectivity index (χ1n) is 5.22. The Balaban J connectivity index is 2.09. The molecule has 0 aliphatic heterocycles. The normalized spacial score (nSPS) is 10.1. The average Bonchev–Trinajstić information content (AvgIpc) is 2.41. The summed E-state index contributed by atoms with van der Waals surface area (Å²) in [6.07, 6.45) is 1.31. The van der Waals surface area contributed by atoms with Gasteiger partial charge >= 0.3 is 0 Å². The Kier molecular flexibility index (Phi) is 3.84. The summed E-state index contributed by atoms with van der Waals surface area (Å²) in [6.45, 7) is 0.328. The second-order valence-electron chi connectivity index (χ2n) is 3.52. The van der Waals surface area contributed by atoms with Crippen molar-refractivity contribution in [3.63, 3.8) is 0 Å². The standard InChI is InChI=1S/C12H12ClN3O2/c1-17-9-4-2-3-8(5-9)6-18-12-10(14)11(13)15-7-16-12/h2-5,7H,6,14H2,1H3. The van der Waals surface area contributed by atoms with Crippen LogP contribution in [-0.4, -0.2) is 17.1 Å². The Morgan fingerprint density at radius 1 is 1.33 bits per heavy atom. The molecule has 94 valence electrons. The van der Waals surface area contributed by atoms with Crippen molar-refractivity contribution >= 4 is 17.3 Å². The second kappa shape index (κ2) is 5.55. The van der Waals surface area contributed by atoms with Gasteiger partial charge in [-0.25, -0.2) is 4.98 Å². The number of ether oxygens (including phenoxy) is 2. The molecule has 0 aliphatic carbocycles. The van der Waals surface area contributed by atoms with Gasteiger partial charge in [0.1, 0.15) is 24.4 Å². The van der Waals surface area contributed by atoms with Gasteiger partial charge in [-0.15, -0.1) is 0 Å². The van der Waals surface area contributed by atoms with E-state index in [1.54, 1.807) is 7.11 Å². The first-order chi connectivity index (χ1) is 8.70. The van der Waals surface area contributed by atoms with Crippen LogP contribution in [0.25, 0.3) is 0 Å². The van der Waals surface area contributed by atoms with Crippen LogP contribution in [0.5, 0.6) is 11.6 Å². The fraction of sp³-hybridized carbons (Fsp3) is 0.167. The summed E-state index contributed by atoms with van der Waals surface area (Å²) in [5.41, 5.74) is 6.88. The molecule has 0 bridgehead atoms. The number of hydrogen-bond acceptors (Lipinski definition) is 5. The van der Waals surface area contributed by atoms with Crippen LogP contribution in [-0.2, 0) is 6.61 Å². The molecule has 0 fully saturated rings. The van der Waals surface area contributed by atoms with E-state index in [0.717, 1.165) is 11.3 Å². The van der Waals surface area contributed by atoms with Gasteiger partial charge in [0.05, 0.1) is 7.11 Å². The number of benzene rings is 1. The molecule has 0 amide bonds. The minimum absolute atomic E-state index is 0.186. The number of hydrogen-bond donors (Lipinski definition) is 1. The SMILES string of the molecule is COc1cccc(COc2ncnc(Cl)c2N)c1. The van der Waals surface area contributed by atoms with Gasteiger partial charge < -0.3 is 15.2 Å². The van der Waals surface area contributed by atoms with E-state index in [1.807, 2.05) is 24.3 Å². The van der Waals surface area contributed by atoms with Crippen molar-refractivity contribution in [2.75, 3.05) is 12.8 Å². The fourth-order valence-electron chi connectivity index (χ4n) is 1.39. The van der Waals surface area contributed by atoms with Crippen molar-refractivity contribution < 1.29 is 9.47 Å². The summed E-state index contributed by atoms with van der Waals surface area (Å²) in [4.78, 5) is 7.67. The van der Waals surface area contributed by atoms with Crippen LogP contribution < -0.4 is 15.2 Å². The molecule has 0 spiro atoms. The third-order valence-corrected chi connectivity index (χ3v) is 2.61. The van der Waals surface area contributed by atoms with Crippen LogP contribution in [0.4, 0.5) is 5.69 Å². The first-order valence-corrected chi connectivity index (χ1v) is 5.60. The molecule has 0 saturated heterocycles. The smallest absolute Gasteiger partial charge is 0.242 e. The number of nitrogens with two attached hydrogens (primary N) is 1. The highest BCUT2D eigenvalue weighted by molar-refractivity contribution is 6.32. The molecule has 0 atom stereocenters. The molecular weight excluding hydrogens is 254 g/mol. The topological polar surface area (TPSA) is 70.3 Å². The van der Waals surface area contributed by atoms with E-state index in [0.29, 0.717) is 6.61 Å². The molecule has 1 heterocycles. The zero-order chi connectivity index (χ0) is 13.0. The summed E-state index contributed by atoms with van der Waals surface area (Å²) < 4.78 is 10.6. The third-order valence-electron chi connectivity index (χ3n) is 2.31. The number of anilines is 1. The van der Waals surface area contributed by atoms with E-state index in [2.05, 4.69) is 9.97 Å². The molecule has 2 aromatic rings. The van der Waals surface area contributed by atoms with E-state index in [9.17, 15) is 0 Å². The number of nitrogens with zero attached hydrogens (tertiary/aromatic N) is 2. The van der Waals surface area contributed by atoms with Crippen molar-refractivity contribution in [1.82, 2.24) is 9.97 Å². The lowest BCUT2D eigenvalue weighted by atomic mass is 10.2. The zero-order valence-corrected chi connectivity index (χ0v) is 10.5. The lowest BCUT2D eigenvalue weighted by molar-refractivity contribution is 0.294. The Morgan fingerprint density at radius 3 is 2.94 bits per heavy atom. The molecular formula is C12H12ClN3O2. The van der Waals surface area contributed by atoms with Crippen molar-refractivity contribution in [1.29, 1.82) is 0 Å². The van der Waals surface area contributed by atoms with Gasteiger partial charge in [0.2, 0.25) is 5.88 Å². The Morgan fingerprint density at radius 2 is 2.17 bits per heavy atom. The monoisotopic (exact) mass is 265 g/mol. The van der Waals surface area contributed by atoms with Crippen molar-refractivity contribution in [2.24, 2.45) is 0 Å². The van der Waals surface area contributed by atoms with Crippen LogP contribution in [0.2, 0.25) is 5.15 Å². The van der Waals surface area contributed by atoms with Crippen LogP contribution >= 0.6 is 11.6 Å². The van der Waals surface area contributed by atoms with E-state index >= 15 is 0 Å².